The monoisotopic (exact) mass is 365 g/mol. The first-order valence-electron chi connectivity index (χ1n) is 7.55. The maximum absolute atomic E-state index is 13.5. The molecule has 7 heteroatoms. The summed E-state index contributed by atoms with van der Waals surface area (Å²) >= 11 is 1.30. The number of ether oxygens (including phenoxy) is 1. The average molecular weight is 365 g/mol. The van der Waals surface area contributed by atoms with Crippen LogP contribution >= 0.6 is 11.8 Å². The molecule has 1 amide bonds. The van der Waals surface area contributed by atoms with Gasteiger partial charge in [0.2, 0.25) is 0 Å². The van der Waals surface area contributed by atoms with E-state index in [1.807, 2.05) is 30.3 Å². The van der Waals surface area contributed by atoms with E-state index in [1.54, 1.807) is 6.92 Å². The lowest BCUT2D eigenvalue weighted by atomic mass is 10.2. The van der Waals surface area contributed by atoms with Crippen molar-refractivity contribution < 1.29 is 23.1 Å². The van der Waals surface area contributed by atoms with Crippen LogP contribution in [-0.2, 0) is 14.3 Å². The van der Waals surface area contributed by atoms with E-state index in [1.165, 1.54) is 18.7 Å². The summed E-state index contributed by atoms with van der Waals surface area (Å²) in [6.07, 6.45) is -1.14. The summed E-state index contributed by atoms with van der Waals surface area (Å²) in [7, 11) is 0. The lowest BCUT2D eigenvalue weighted by Crippen LogP contribution is -2.32. The first kappa shape index (κ1) is 18.9. The molecule has 0 radical (unpaired) electrons. The molecule has 0 spiro atoms. The number of halogens is 2. The van der Waals surface area contributed by atoms with Gasteiger partial charge < -0.3 is 10.1 Å². The van der Waals surface area contributed by atoms with Crippen LogP contribution in [-0.4, -0.2) is 23.2 Å². The smallest absolute Gasteiger partial charge is 0.319 e. The Morgan fingerprint density at radius 2 is 1.76 bits per heavy atom. The molecule has 0 heterocycles. The largest absolute Gasteiger partial charge is 0.452 e. The highest BCUT2D eigenvalue weighted by Gasteiger charge is 2.23. The van der Waals surface area contributed by atoms with Gasteiger partial charge in [-0.05, 0) is 38.1 Å². The van der Waals surface area contributed by atoms with Gasteiger partial charge in [-0.15, -0.1) is 11.8 Å². The predicted molar refractivity (Wildman–Crippen MR) is 92.3 cm³/mol. The number of hydrogen-bond donors (Lipinski definition) is 1. The minimum absolute atomic E-state index is 0.306. The van der Waals surface area contributed by atoms with Crippen molar-refractivity contribution in [3.8, 4) is 0 Å². The van der Waals surface area contributed by atoms with Crippen molar-refractivity contribution in [1.29, 1.82) is 0 Å². The van der Waals surface area contributed by atoms with Crippen molar-refractivity contribution in [3.63, 3.8) is 0 Å². The third-order valence-corrected chi connectivity index (χ3v) is 4.33. The number of carbonyl (C=O) groups is 2. The molecule has 0 bridgehead atoms. The van der Waals surface area contributed by atoms with Crippen LogP contribution in [0.3, 0.4) is 0 Å². The van der Waals surface area contributed by atoms with E-state index in [0.717, 1.165) is 23.1 Å². The third-order valence-electron chi connectivity index (χ3n) is 3.24. The summed E-state index contributed by atoms with van der Waals surface area (Å²) in [5.41, 5.74) is -0.306. The fraction of sp³-hybridized carbons (Fsp3) is 0.222. The summed E-state index contributed by atoms with van der Waals surface area (Å²) in [6, 6.07) is 12.0. The van der Waals surface area contributed by atoms with Crippen molar-refractivity contribution in [2.75, 3.05) is 5.32 Å². The van der Waals surface area contributed by atoms with Crippen LogP contribution in [0.4, 0.5) is 14.5 Å². The summed E-state index contributed by atoms with van der Waals surface area (Å²) in [5.74, 6) is -2.78. The van der Waals surface area contributed by atoms with Crippen molar-refractivity contribution in [2.24, 2.45) is 0 Å². The Kier molecular flexibility index (Phi) is 6.52. The van der Waals surface area contributed by atoms with Crippen LogP contribution in [0.5, 0.6) is 0 Å². The van der Waals surface area contributed by atoms with Gasteiger partial charge in [-0.25, -0.2) is 8.78 Å². The van der Waals surface area contributed by atoms with Gasteiger partial charge in [-0.3, -0.25) is 9.59 Å². The Labute approximate surface area is 148 Å². The summed E-state index contributed by atoms with van der Waals surface area (Å²) in [4.78, 5) is 25.0. The van der Waals surface area contributed by atoms with Crippen molar-refractivity contribution in [1.82, 2.24) is 0 Å². The number of thioether (sulfide) groups is 1. The molecule has 0 saturated carbocycles. The van der Waals surface area contributed by atoms with E-state index in [9.17, 15) is 18.4 Å². The number of rotatable bonds is 6. The van der Waals surface area contributed by atoms with Crippen LogP contribution in [0.25, 0.3) is 0 Å². The van der Waals surface area contributed by atoms with E-state index < -0.39 is 34.9 Å². The van der Waals surface area contributed by atoms with E-state index in [0.29, 0.717) is 0 Å². The number of carbonyl (C=O) groups excluding carboxylic acids is 2. The second kappa shape index (κ2) is 8.62. The topological polar surface area (TPSA) is 55.4 Å². The molecule has 132 valence electrons. The zero-order valence-corrected chi connectivity index (χ0v) is 14.5. The Morgan fingerprint density at radius 3 is 2.44 bits per heavy atom. The van der Waals surface area contributed by atoms with Gasteiger partial charge in [0.25, 0.3) is 5.91 Å². The van der Waals surface area contributed by atoms with Crippen molar-refractivity contribution in [2.45, 2.75) is 30.1 Å². The summed E-state index contributed by atoms with van der Waals surface area (Å²) < 4.78 is 31.7. The number of nitrogens with one attached hydrogen (secondary N) is 1. The maximum atomic E-state index is 13.5. The molecular formula is C18H17F2NO3S. The molecule has 2 rings (SSSR count). The van der Waals surface area contributed by atoms with Gasteiger partial charge in [0.05, 0.1) is 5.69 Å². The fourth-order valence-corrected chi connectivity index (χ4v) is 2.78. The lowest BCUT2D eigenvalue weighted by molar-refractivity contribution is -0.152. The number of amides is 1. The number of esters is 1. The van der Waals surface area contributed by atoms with Crippen molar-refractivity contribution >= 4 is 29.3 Å². The van der Waals surface area contributed by atoms with Crippen molar-refractivity contribution in [3.05, 3.63) is 60.2 Å². The van der Waals surface area contributed by atoms with Crippen LogP contribution in [0.15, 0.2) is 53.4 Å². The van der Waals surface area contributed by atoms with Crippen LogP contribution < -0.4 is 5.32 Å². The molecule has 0 aliphatic heterocycles. The Bertz CT molecular complexity index is 755. The minimum atomic E-state index is -1.14. The molecule has 25 heavy (non-hydrogen) atoms. The van der Waals surface area contributed by atoms with Crippen LogP contribution in [0.2, 0.25) is 0 Å². The van der Waals surface area contributed by atoms with Gasteiger partial charge in [0.1, 0.15) is 16.9 Å². The van der Waals surface area contributed by atoms with E-state index in [-0.39, 0.29) is 5.69 Å². The molecule has 2 aromatic carbocycles. The summed E-state index contributed by atoms with van der Waals surface area (Å²) in [5, 5.41) is 1.68. The number of benzene rings is 2. The quantitative estimate of drug-likeness (QED) is 0.621. The van der Waals surface area contributed by atoms with Crippen LogP contribution in [0.1, 0.15) is 13.8 Å². The first-order valence-corrected chi connectivity index (χ1v) is 8.43. The number of hydrogen-bond acceptors (Lipinski definition) is 4. The normalized spacial score (nSPS) is 13.0. The average Bonchev–Trinajstić information content (AvgIpc) is 2.58. The van der Waals surface area contributed by atoms with E-state index in [2.05, 4.69) is 5.32 Å². The fourth-order valence-electron chi connectivity index (χ4n) is 1.90. The molecule has 2 atom stereocenters. The van der Waals surface area contributed by atoms with Gasteiger partial charge in [0, 0.05) is 11.0 Å². The zero-order chi connectivity index (χ0) is 18.4. The summed E-state index contributed by atoms with van der Waals surface area (Å²) in [6.45, 7) is 3.03. The van der Waals surface area contributed by atoms with Gasteiger partial charge in [0.15, 0.2) is 6.10 Å². The Balaban J connectivity index is 1.91. The maximum Gasteiger partial charge on any atom is 0.319 e. The highest BCUT2D eigenvalue weighted by atomic mass is 32.2. The van der Waals surface area contributed by atoms with Crippen LogP contribution in [0, 0.1) is 11.6 Å². The third kappa shape index (κ3) is 5.56. The highest BCUT2D eigenvalue weighted by molar-refractivity contribution is 8.00. The van der Waals surface area contributed by atoms with Gasteiger partial charge in [-0.1, -0.05) is 18.2 Å². The second-order valence-corrected chi connectivity index (χ2v) is 6.68. The molecule has 0 fully saturated rings. The standard InChI is InChI=1S/C18H17F2NO3S/c1-11(17(22)21-16-10-13(19)8-9-15(16)20)24-18(23)12(2)25-14-6-4-3-5-7-14/h3-12H,1-2H3,(H,21,22)/t11-,12+/m1/s1. The van der Waals surface area contributed by atoms with E-state index in [4.69, 9.17) is 4.74 Å². The predicted octanol–water partition coefficient (Wildman–Crippen LogP) is 4.02. The first-order chi connectivity index (χ1) is 11.9. The highest BCUT2D eigenvalue weighted by Crippen LogP contribution is 2.24. The molecule has 1 N–H and O–H groups in total. The SMILES string of the molecule is C[C@H](Sc1ccccc1)C(=O)O[C@H](C)C(=O)Nc1cc(F)ccc1F. The Hall–Kier alpha value is -2.41. The zero-order valence-electron chi connectivity index (χ0n) is 13.7. The molecule has 0 aliphatic carbocycles. The molecule has 2 aromatic rings. The molecule has 0 aromatic heterocycles. The van der Waals surface area contributed by atoms with Gasteiger partial charge >= 0.3 is 5.97 Å². The van der Waals surface area contributed by atoms with E-state index >= 15 is 0 Å². The molecule has 4 nitrogen and oxygen atoms in total. The minimum Gasteiger partial charge on any atom is -0.452 e. The molecular weight excluding hydrogens is 348 g/mol. The molecule has 0 unspecified atom stereocenters. The molecule has 0 saturated heterocycles. The number of anilines is 1. The Morgan fingerprint density at radius 1 is 1.08 bits per heavy atom. The second-order valence-electron chi connectivity index (χ2n) is 5.27. The lowest BCUT2D eigenvalue weighted by Gasteiger charge is -2.16. The molecule has 0 aliphatic rings. The van der Waals surface area contributed by atoms with Gasteiger partial charge in [-0.2, -0.15) is 0 Å².